The molecule has 2 atom stereocenters. The largest absolute Gasteiger partial charge is 0.326 e. The first-order valence-electron chi connectivity index (χ1n) is 7.89. The number of hydrogen-bond acceptors (Lipinski definition) is 3. The summed E-state index contributed by atoms with van der Waals surface area (Å²) < 4.78 is 26.8. The molecule has 2 aliphatic rings. The van der Waals surface area contributed by atoms with Gasteiger partial charge in [0.25, 0.3) is 0 Å². The van der Waals surface area contributed by atoms with Crippen molar-refractivity contribution in [2.45, 2.75) is 37.5 Å². The van der Waals surface area contributed by atoms with Crippen LogP contribution in [0.4, 0.5) is 5.69 Å². The van der Waals surface area contributed by atoms with Gasteiger partial charge in [-0.2, -0.15) is 4.31 Å². The van der Waals surface area contributed by atoms with Gasteiger partial charge in [0.2, 0.25) is 15.9 Å². The number of benzene rings is 1. The molecule has 1 saturated carbocycles. The van der Waals surface area contributed by atoms with E-state index in [0.29, 0.717) is 24.7 Å². The molecule has 1 aromatic carbocycles. The summed E-state index contributed by atoms with van der Waals surface area (Å²) in [4.78, 5) is 12.2. The van der Waals surface area contributed by atoms with Gasteiger partial charge in [-0.15, -0.1) is 0 Å². The average molecular weight is 322 g/mol. The lowest BCUT2D eigenvalue weighted by molar-refractivity contribution is -0.117. The maximum Gasteiger partial charge on any atom is 0.243 e. The number of hydrogen-bond donors (Lipinski definition) is 1. The van der Waals surface area contributed by atoms with Gasteiger partial charge in [0.15, 0.2) is 0 Å². The number of anilines is 1. The Balaban J connectivity index is 1.76. The van der Waals surface area contributed by atoms with E-state index >= 15 is 0 Å². The number of carbonyl (C=O) groups is 1. The second-order valence-corrected chi connectivity index (χ2v) is 8.24. The van der Waals surface area contributed by atoms with Gasteiger partial charge in [0.1, 0.15) is 0 Å². The molecule has 1 aromatic rings. The van der Waals surface area contributed by atoms with E-state index in [1.54, 1.807) is 28.6 Å². The summed E-state index contributed by atoms with van der Waals surface area (Å²) in [7, 11) is -3.45. The van der Waals surface area contributed by atoms with Crippen molar-refractivity contribution >= 4 is 21.6 Å². The zero-order valence-electron chi connectivity index (χ0n) is 12.8. The van der Waals surface area contributed by atoms with Crippen LogP contribution in [-0.4, -0.2) is 31.7 Å². The molecule has 22 heavy (non-hydrogen) atoms. The summed E-state index contributed by atoms with van der Waals surface area (Å²) in [6, 6.07) is 6.58. The fourth-order valence-electron chi connectivity index (χ4n) is 2.91. The van der Waals surface area contributed by atoms with E-state index in [1.165, 1.54) is 0 Å². The average Bonchev–Trinajstić information content (AvgIpc) is 3.25. The van der Waals surface area contributed by atoms with Gasteiger partial charge in [0.05, 0.1) is 4.90 Å². The third-order valence-corrected chi connectivity index (χ3v) is 6.40. The second-order valence-electron chi connectivity index (χ2n) is 6.30. The maximum atomic E-state index is 12.6. The van der Waals surface area contributed by atoms with Gasteiger partial charge in [-0.1, -0.05) is 19.4 Å². The van der Waals surface area contributed by atoms with Crippen molar-refractivity contribution in [1.29, 1.82) is 0 Å². The fourth-order valence-corrected chi connectivity index (χ4v) is 4.47. The van der Waals surface area contributed by atoms with Gasteiger partial charge in [-0.05, 0) is 43.4 Å². The molecule has 1 saturated heterocycles. The van der Waals surface area contributed by atoms with Crippen LogP contribution < -0.4 is 5.32 Å². The van der Waals surface area contributed by atoms with Crippen molar-refractivity contribution in [2.75, 3.05) is 18.4 Å². The van der Waals surface area contributed by atoms with Crippen molar-refractivity contribution < 1.29 is 13.2 Å². The van der Waals surface area contributed by atoms with Crippen LogP contribution in [0.15, 0.2) is 29.2 Å². The minimum absolute atomic E-state index is 0.0139. The number of piperidine rings is 1. The molecule has 6 heteroatoms. The lowest BCUT2D eigenvalue weighted by Crippen LogP contribution is -2.35. The molecule has 1 aliphatic carbocycles. The van der Waals surface area contributed by atoms with Crippen LogP contribution in [0.3, 0.4) is 0 Å². The molecule has 0 bridgehead atoms. The molecular formula is C16H22N2O3S. The molecule has 3 rings (SSSR count). The number of amides is 1. The normalized spacial score (nSPS) is 25.7. The molecule has 0 radical (unpaired) electrons. The van der Waals surface area contributed by atoms with E-state index in [4.69, 9.17) is 0 Å². The quantitative estimate of drug-likeness (QED) is 0.926. The zero-order chi connectivity index (χ0) is 15.7. The van der Waals surface area contributed by atoms with Crippen molar-refractivity contribution in [3.05, 3.63) is 24.3 Å². The molecule has 2 fully saturated rings. The number of nitrogens with one attached hydrogen (secondary N) is 1. The summed E-state index contributed by atoms with van der Waals surface area (Å²) >= 11 is 0. The van der Waals surface area contributed by atoms with Crippen LogP contribution in [0.25, 0.3) is 0 Å². The Kier molecular flexibility index (Phi) is 4.23. The van der Waals surface area contributed by atoms with Crippen LogP contribution >= 0.6 is 0 Å². The number of rotatable bonds is 4. The molecule has 1 heterocycles. The lowest BCUT2D eigenvalue weighted by Gasteiger charge is -2.26. The standard InChI is InChI=1S/C16H22N2O3S/c1-12-10-15(12)16(19)17-13-6-5-7-14(11-13)22(20,21)18-8-3-2-4-9-18/h5-7,11-12,15H,2-4,8-10H2,1H3,(H,17,19)/t12-,15-/m0/s1. The molecule has 120 valence electrons. The monoisotopic (exact) mass is 322 g/mol. The number of carbonyl (C=O) groups excluding carboxylic acids is 1. The highest BCUT2D eigenvalue weighted by molar-refractivity contribution is 7.89. The predicted octanol–water partition coefficient (Wildman–Crippen LogP) is 2.46. The van der Waals surface area contributed by atoms with Crippen molar-refractivity contribution in [3.8, 4) is 0 Å². The highest BCUT2D eigenvalue weighted by Crippen LogP contribution is 2.38. The van der Waals surface area contributed by atoms with Gasteiger partial charge >= 0.3 is 0 Å². The van der Waals surface area contributed by atoms with E-state index in [0.717, 1.165) is 25.7 Å². The number of sulfonamides is 1. The van der Waals surface area contributed by atoms with E-state index < -0.39 is 10.0 Å². The SMILES string of the molecule is C[C@H]1C[C@@H]1C(=O)Nc1cccc(S(=O)(=O)N2CCCCC2)c1. The third kappa shape index (κ3) is 3.17. The maximum absolute atomic E-state index is 12.6. The Morgan fingerprint density at radius 3 is 2.55 bits per heavy atom. The highest BCUT2D eigenvalue weighted by Gasteiger charge is 2.39. The first-order chi connectivity index (χ1) is 10.5. The molecule has 0 unspecified atom stereocenters. The fraction of sp³-hybridized carbons (Fsp3) is 0.562. The zero-order valence-corrected chi connectivity index (χ0v) is 13.6. The van der Waals surface area contributed by atoms with Crippen LogP contribution in [0.1, 0.15) is 32.6 Å². The van der Waals surface area contributed by atoms with Gasteiger partial charge in [-0.3, -0.25) is 4.79 Å². The first-order valence-corrected chi connectivity index (χ1v) is 9.33. The summed E-state index contributed by atoms with van der Waals surface area (Å²) in [6.45, 7) is 3.21. The van der Waals surface area contributed by atoms with E-state index in [2.05, 4.69) is 5.32 Å². The first kappa shape index (κ1) is 15.5. The van der Waals surface area contributed by atoms with Crippen LogP contribution in [0.5, 0.6) is 0 Å². The minimum atomic E-state index is -3.45. The summed E-state index contributed by atoms with van der Waals surface area (Å²) in [5.74, 6) is 0.489. The second kappa shape index (κ2) is 6.01. The van der Waals surface area contributed by atoms with E-state index in [1.807, 2.05) is 6.92 Å². The summed E-state index contributed by atoms with van der Waals surface area (Å²) in [5.41, 5.74) is 0.558. The Morgan fingerprint density at radius 2 is 1.91 bits per heavy atom. The minimum Gasteiger partial charge on any atom is -0.326 e. The number of nitrogens with zero attached hydrogens (tertiary/aromatic N) is 1. The summed E-state index contributed by atoms with van der Waals surface area (Å²) in [5, 5.41) is 2.83. The topological polar surface area (TPSA) is 66.5 Å². The smallest absolute Gasteiger partial charge is 0.243 e. The molecule has 0 aromatic heterocycles. The van der Waals surface area contributed by atoms with Crippen molar-refractivity contribution in [2.24, 2.45) is 11.8 Å². The summed E-state index contributed by atoms with van der Waals surface area (Å²) in [6.07, 6.45) is 3.82. The molecule has 5 nitrogen and oxygen atoms in total. The van der Waals surface area contributed by atoms with Crippen LogP contribution in [-0.2, 0) is 14.8 Å². The van der Waals surface area contributed by atoms with E-state index in [9.17, 15) is 13.2 Å². The molecule has 1 N–H and O–H groups in total. The van der Waals surface area contributed by atoms with Crippen LogP contribution in [0.2, 0.25) is 0 Å². The Bertz CT molecular complexity index is 666. The van der Waals surface area contributed by atoms with Gasteiger partial charge in [0, 0.05) is 24.7 Å². The van der Waals surface area contributed by atoms with E-state index in [-0.39, 0.29) is 16.7 Å². The lowest BCUT2D eigenvalue weighted by atomic mass is 10.2. The van der Waals surface area contributed by atoms with Crippen molar-refractivity contribution in [1.82, 2.24) is 4.31 Å². The Morgan fingerprint density at radius 1 is 1.23 bits per heavy atom. The van der Waals surface area contributed by atoms with Crippen molar-refractivity contribution in [3.63, 3.8) is 0 Å². The highest BCUT2D eigenvalue weighted by atomic mass is 32.2. The Labute approximate surface area is 131 Å². The van der Waals surface area contributed by atoms with Gasteiger partial charge < -0.3 is 5.32 Å². The van der Waals surface area contributed by atoms with Crippen LogP contribution in [0, 0.1) is 11.8 Å². The molecular weight excluding hydrogens is 300 g/mol. The third-order valence-electron chi connectivity index (χ3n) is 4.50. The Hall–Kier alpha value is -1.40. The predicted molar refractivity (Wildman–Crippen MR) is 85.0 cm³/mol. The van der Waals surface area contributed by atoms with Gasteiger partial charge in [-0.25, -0.2) is 8.42 Å². The molecule has 1 amide bonds. The molecule has 0 spiro atoms. The molecule has 1 aliphatic heterocycles.